The van der Waals surface area contributed by atoms with Crippen LogP contribution in [0.1, 0.15) is 58.3 Å². The van der Waals surface area contributed by atoms with E-state index in [2.05, 4.69) is 22.0 Å². The van der Waals surface area contributed by atoms with Gasteiger partial charge >= 0.3 is 12.1 Å². The maximum absolute atomic E-state index is 12.5. The molecule has 0 aromatic carbocycles. The fourth-order valence-corrected chi connectivity index (χ4v) is 5.92. The highest BCUT2D eigenvalue weighted by Crippen LogP contribution is 2.34. The highest BCUT2D eigenvalue weighted by molar-refractivity contribution is 5.78. The number of carboxylic acid groups (broad SMARTS) is 1. The molecule has 0 bridgehead atoms. The smallest absolute Gasteiger partial charge is 0.407 e. The van der Waals surface area contributed by atoms with Crippen LogP contribution in [0.3, 0.4) is 0 Å². The van der Waals surface area contributed by atoms with Gasteiger partial charge in [-0.15, -0.1) is 0 Å². The molecule has 4 aliphatic rings. The molecule has 3 amide bonds. The van der Waals surface area contributed by atoms with Crippen molar-refractivity contribution in [3.05, 3.63) is 0 Å². The Hall–Kier alpha value is -1.50. The van der Waals surface area contributed by atoms with E-state index in [1.54, 1.807) is 4.90 Å². The predicted molar refractivity (Wildman–Crippen MR) is 98.2 cm³/mol. The normalized spacial score (nSPS) is 36.3. The summed E-state index contributed by atoms with van der Waals surface area (Å²) < 4.78 is 0. The lowest BCUT2D eigenvalue weighted by Crippen LogP contribution is -2.54. The molecule has 0 spiro atoms. The lowest BCUT2D eigenvalue weighted by Gasteiger charge is -2.43. The van der Waals surface area contributed by atoms with Gasteiger partial charge in [0.1, 0.15) is 0 Å². The Labute approximate surface area is 155 Å². The molecule has 0 aromatic rings. The van der Waals surface area contributed by atoms with Gasteiger partial charge < -0.3 is 20.2 Å². The summed E-state index contributed by atoms with van der Waals surface area (Å²) in [7, 11) is 0. The topological polar surface area (TPSA) is 76.1 Å². The number of fused-ring (bicyclic) bond motifs is 1. The average molecular weight is 364 g/mol. The average Bonchev–Trinajstić information content (AvgIpc) is 3.22. The molecule has 2 N–H and O–H groups in total. The molecule has 3 saturated heterocycles. The maximum atomic E-state index is 12.5. The van der Waals surface area contributed by atoms with Crippen molar-refractivity contribution in [1.82, 2.24) is 20.0 Å². The quantitative estimate of drug-likeness (QED) is 0.806. The molecule has 26 heavy (non-hydrogen) atoms. The number of carbonyl (C=O) groups excluding carboxylic acids is 1. The summed E-state index contributed by atoms with van der Waals surface area (Å²) in [6.45, 7) is 4.68. The number of hydrogen-bond acceptors (Lipinski definition) is 3. The predicted octanol–water partition coefficient (Wildman–Crippen LogP) is 2.32. The first-order chi connectivity index (χ1) is 12.6. The highest BCUT2D eigenvalue weighted by Gasteiger charge is 2.46. The molecular weight excluding hydrogens is 332 g/mol. The second kappa shape index (κ2) is 7.25. The molecule has 4 atom stereocenters. The van der Waals surface area contributed by atoms with Crippen molar-refractivity contribution >= 4 is 12.1 Å². The Morgan fingerprint density at radius 1 is 1.08 bits per heavy atom. The summed E-state index contributed by atoms with van der Waals surface area (Å²) in [6, 6.07) is 1.69. The van der Waals surface area contributed by atoms with Crippen molar-refractivity contribution in [2.75, 3.05) is 19.6 Å². The SMILES string of the molecule is CCC1[C@@H](N2CCC(N3C(=O)N[C@@H]4CCCC[C@H]43)CC2)CCN1C(=O)O. The number of nitrogens with one attached hydrogen (secondary N) is 1. The Balaban J connectivity index is 1.37. The van der Waals surface area contributed by atoms with Crippen molar-refractivity contribution in [3.8, 4) is 0 Å². The summed E-state index contributed by atoms with van der Waals surface area (Å²) in [4.78, 5) is 30.2. The third-order valence-corrected chi connectivity index (χ3v) is 7.17. The van der Waals surface area contributed by atoms with E-state index in [0.29, 0.717) is 30.7 Å². The number of nitrogens with zero attached hydrogens (tertiary/aromatic N) is 3. The lowest BCUT2D eigenvalue weighted by atomic mass is 9.89. The van der Waals surface area contributed by atoms with Crippen LogP contribution in [0.4, 0.5) is 9.59 Å². The number of rotatable bonds is 3. The van der Waals surface area contributed by atoms with E-state index in [4.69, 9.17) is 0 Å². The standard InChI is InChI=1S/C19H32N4O3/c1-2-15-17(9-12-22(15)19(25)26)21-10-7-13(8-11-21)23-16-6-4-3-5-14(16)20-18(23)24/h13-17H,2-12H2,1H3,(H,20,24)(H,25,26)/t14-,15?,16-,17+/m1/s1. The van der Waals surface area contributed by atoms with Crippen LogP contribution in [-0.4, -0.2) is 81.8 Å². The van der Waals surface area contributed by atoms with Crippen LogP contribution in [0.15, 0.2) is 0 Å². The number of carbonyl (C=O) groups is 2. The molecule has 1 saturated carbocycles. The van der Waals surface area contributed by atoms with Crippen LogP contribution in [0.5, 0.6) is 0 Å². The fourth-order valence-electron chi connectivity index (χ4n) is 5.92. The Morgan fingerprint density at radius 2 is 1.81 bits per heavy atom. The molecule has 4 fully saturated rings. The first-order valence-corrected chi connectivity index (χ1v) is 10.4. The van der Waals surface area contributed by atoms with Gasteiger partial charge in [0, 0.05) is 31.7 Å². The Bertz CT molecular complexity index is 549. The minimum atomic E-state index is -0.786. The third-order valence-electron chi connectivity index (χ3n) is 7.17. The lowest BCUT2D eigenvalue weighted by molar-refractivity contribution is 0.0662. The van der Waals surface area contributed by atoms with E-state index in [-0.39, 0.29) is 12.1 Å². The van der Waals surface area contributed by atoms with Gasteiger partial charge in [0.05, 0.1) is 18.1 Å². The molecule has 0 aromatic heterocycles. The van der Waals surface area contributed by atoms with Crippen LogP contribution < -0.4 is 5.32 Å². The molecule has 1 unspecified atom stereocenters. The summed E-state index contributed by atoms with van der Waals surface area (Å²) >= 11 is 0. The molecule has 0 radical (unpaired) electrons. The van der Waals surface area contributed by atoms with Crippen LogP contribution in [0.25, 0.3) is 0 Å². The van der Waals surface area contributed by atoms with E-state index in [1.807, 2.05) is 0 Å². The summed E-state index contributed by atoms with van der Waals surface area (Å²) in [5.74, 6) is 0. The van der Waals surface area contributed by atoms with Gasteiger partial charge in [-0.3, -0.25) is 4.90 Å². The monoisotopic (exact) mass is 364 g/mol. The van der Waals surface area contributed by atoms with E-state index in [0.717, 1.165) is 51.6 Å². The van der Waals surface area contributed by atoms with Gasteiger partial charge in [-0.05, 0) is 38.5 Å². The van der Waals surface area contributed by atoms with Gasteiger partial charge in [0.15, 0.2) is 0 Å². The van der Waals surface area contributed by atoms with Crippen LogP contribution >= 0.6 is 0 Å². The van der Waals surface area contributed by atoms with Gasteiger partial charge in [-0.2, -0.15) is 0 Å². The van der Waals surface area contributed by atoms with Crippen molar-refractivity contribution in [1.29, 1.82) is 0 Å². The Kier molecular flexibility index (Phi) is 4.99. The van der Waals surface area contributed by atoms with Crippen molar-refractivity contribution in [3.63, 3.8) is 0 Å². The van der Waals surface area contributed by atoms with Crippen LogP contribution in [0, 0.1) is 0 Å². The van der Waals surface area contributed by atoms with Gasteiger partial charge in [-0.1, -0.05) is 19.8 Å². The number of likely N-dealkylation sites (tertiary alicyclic amines) is 2. The van der Waals surface area contributed by atoms with Gasteiger partial charge in [0.25, 0.3) is 0 Å². The molecule has 7 nitrogen and oxygen atoms in total. The Morgan fingerprint density at radius 3 is 2.50 bits per heavy atom. The number of urea groups is 1. The largest absolute Gasteiger partial charge is 0.465 e. The minimum Gasteiger partial charge on any atom is -0.465 e. The summed E-state index contributed by atoms with van der Waals surface area (Å²) in [5.41, 5.74) is 0. The first kappa shape index (κ1) is 17.9. The molecule has 3 aliphatic heterocycles. The molecule has 4 rings (SSSR count). The summed E-state index contributed by atoms with van der Waals surface area (Å²) in [5, 5.41) is 12.6. The number of hydrogen-bond donors (Lipinski definition) is 2. The van der Waals surface area contributed by atoms with Gasteiger partial charge in [-0.25, -0.2) is 9.59 Å². The molecule has 3 heterocycles. The first-order valence-electron chi connectivity index (χ1n) is 10.4. The van der Waals surface area contributed by atoms with Crippen LogP contribution in [0.2, 0.25) is 0 Å². The minimum absolute atomic E-state index is 0.113. The van der Waals surface area contributed by atoms with E-state index in [9.17, 15) is 14.7 Å². The summed E-state index contributed by atoms with van der Waals surface area (Å²) in [6.07, 6.45) is 7.76. The number of amides is 3. The van der Waals surface area contributed by atoms with Crippen molar-refractivity contribution < 1.29 is 14.7 Å². The van der Waals surface area contributed by atoms with E-state index in [1.165, 1.54) is 12.8 Å². The zero-order valence-electron chi connectivity index (χ0n) is 15.8. The molecule has 7 heteroatoms. The fraction of sp³-hybridized carbons (Fsp3) is 0.895. The van der Waals surface area contributed by atoms with E-state index < -0.39 is 6.09 Å². The molecule has 1 aliphatic carbocycles. The molecule has 146 valence electrons. The molecular formula is C19H32N4O3. The third kappa shape index (κ3) is 3.04. The zero-order valence-corrected chi connectivity index (χ0v) is 15.8. The van der Waals surface area contributed by atoms with Gasteiger partial charge in [0.2, 0.25) is 0 Å². The maximum Gasteiger partial charge on any atom is 0.407 e. The zero-order chi connectivity index (χ0) is 18.3. The van der Waals surface area contributed by atoms with Crippen LogP contribution in [-0.2, 0) is 0 Å². The highest BCUT2D eigenvalue weighted by atomic mass is 16.4. The van der Waals surface area contributed by atoms with E-state index >= 15 is 0 Å². The van der Waals surface area contributed by atoms with Crippen molar-refractivity contribution in [2.24, 2.45) is 0 Å². The second-order valence-corrected chi connectivity index (χ2v) is 8.39. The van der Waals surface area contributed by atoms with Crippen molar-refractivity contribution in [2.45, 2.75) is 88.5 Å². The number of piperidine rings is 1. The second-order valence-electron chi connectivity index (χ2n) is 8.39.